The van der Waals surface area contributed by atoms with Gasteiger partial charge in [0.1, 0.15) is 6.17 Å². The van der Waals surface area contributed by atoms with Gasteiger partial charge < -0.3 is 0 Å². The van der Waals surface area contributed by atoms with E-state index in [2.05, 4.69) is 12.8 Å². The molecule has 0 aromatic heterocycles. The highest BCUT2D eigenvalue weighted by atomic mass is 19.1. The topological polar surface area (TPSA) is 0 Å². The molecule has 72 valence electrons. The summed E-state index contributed by atoms with van der Waals surface area (Å²) >= 11 is 0. The van der Waals surface area contributed by atoms with Crippen LogP contribution in [0.2, 0.25) is 0 Å². The largest absolute Gasteiger partial charge is 0.246 e. The maximum absolute atomic E-state index is 13.5. The molecule has 0 heterocycles. The number of rotatable bonds is 0. The Hall–Kier alpha value is -0.510. The number of fused-ring (bicyclic) bond motifs is 1. The van der Waals surface area contributed by atoms with E-state index in [9.17, 15) is 4.39 Å². The van der Waals surface area contributed by atoms with E-state index < -0.39 is 6.17 Å². The zero-order valence-electron chi connectivity index (χ0n) is 8.17. The van der Waals surface area contributed by atoms with Gasteiger partial charge in [-0.2, -0.15) is 0 Å². The Labute approximate surface area is 79.9 Å². The summed E-state index contributed by atoms with van der Waals surface area (Å²) in [4.78, 5) is 0. The Morgan fingerprint density at radius 2 is 2.15 bits per heavy atom. The molecule has 0 nitrogen and oxygen atoms in total. The summed E-state index contributed by atoms with van der Waals surface area (Å²) in [5, 5.41) is 0. The molecule has 2 saturated carbocycles. The lowest BCUT2D eigenvalue weighted by atomic mass is 9.72. The van der Waals surface area contributed by atoms with Gasteiger partial charge in [-0.3, -0.25) is 0 Å². The van der Waals surface area contributed by atoms with Crippen LogP contribution in [0.4, 0.5) is 4.39 Å². The van der Waals surface area contributed by atoms with Crippen LogP contribution in [0, 0.1) is 36.0 Å². The minimum absolute atomic E-state index is 0.0831. The second-order valence-corrected chi connectivity index (χ2v) is 4.69. The molecule has 0 aliphatic heterocycles. The molecule has 5 atom stereocenters. The molecule has 0 aromatic carbocycles. The lowest BCUT2D eigenvalue weighted by molar-refractivity contribution is 0.168. The third-order valence-electron chi connectivity index (χ3n) is 3.96. The zero-order chi connectivity index (χ0) is 9.42. The van der Waals surface area contributed by atoms with Gasteiger partial charge in [0.05, 0.1) is 5.92 Å². The first-order valence-electron chi connectivity index (χ1n) is 5.34. The van der Waals surface area contributed by atoms with Crippen molar-refractivity contribution in [1.29, 1.82) is 0 Å². The van der Waals surface area contributed by atoms with Crippen LogP contribution in [0.15, 0.2) is 0 Å². The van der Waals surface area contributed by atoms with Crippen LogP contribution in [-0.4, -0.2) is 6.17 Å². The van der Waals surface area contributed by atoms with Crippen LogP contribution in [0.5, 0.6) is 0 Å². The first-order valence-corrected chi connectivity index (χ1v) is 5.34. The molecular weight excluding hydrogens is 163 g/mol. The summed E-state index contributed by atoms with van der Waals surface area (Å²) < 4.78 is 13.5. The molecule has 0 bridgehead atoms. The Morgan fingerprint density at radius 3 is 2.85 bits per heavy atom. The molecule has 2 fully saturated rings. The predicted octanol–water partition coefficient (Wildman–Crippen LogP) is 3.03. The molecule has 2 rings (SSSR count). The number of terminal acetylenes is 1. The van der Waals surface area contributed by atoms with Crippen molar-refractivity contribution in [1.82, 2.24) is 0 Å². The fourth-order valence-corrected chi connectivity index (χ4v) is 3.37. The van der Waals surface area contributed by atoms with Gasteiger partial charge in [0.2, 0.25) is 0 Å². The van der Waals surface area contributed by atoms with Gasteiger partial charge in [-0.15, -0.1) is 6.42 Å². The van der Waals surface area contributed by atoms with Crippen molar-refractivity contribution in [2.75, 3.05) is 0 Å². The quantitative estimate of drug-likeness (QED) is 0.503. The van der Waals surface area contributed by atoms with Gasteiger partial charge in [-0.05, 0) is 24.2 Å². The van der Waals surface area contributed by atoms with E-state index in [1.165, 1.54) is 19.3 Å². The molecule has 1 heteroatoms. The van der Waals surface area contributed by atoms with E-state index in [-0.39, 0.29) is 5.92 Å². The van der Waals surface area contributed by atoms with Crippen LogP contribution in [0.1, 0.15) is 32.6 Å². The molecule has 0 N–H and O–H groups in total. The number of hydrogen-bond acceptors (Lipinski definition) is 0. The summed E-state index contributed by atoms with van der Waals surface area (Å²) in [6.07, 6.45) is 9.12. The first-order chi connectivity index (χ1) is 6.24. The van der Waals surface area contributed by atoms with Gasteiger partial charge >= 0.3 is 0 Å². The summed E-state index contributed by atoms with van der Waals surface area (Å²) in [5.74, 6) is 4.29. The molecule has 13 heavy (non-hydrogen) atoms. The summed E-state index contributed by atoms with van der Waals surface area (Å²) in [5.41, 5.74) is 0. The van der Waals surface area contributed by atoms with Crippen LogP contribution in [-0.2, 0) is 0 Å². The average Bonchev–Trinajstić information content (AvgIpc) is 2.42. The van der Waals surface area contributed by atoms with E-state index in [0.717, 1.165) is 6.42 Å². The zero-order valence-corrected chi connectivity index (χ0v) is 8.17. The fourth-order valence-electron chi connectivity index (χ4n) is 3.37. The van der Waals surface area contributed by atoms with Crippen molar-refractivity contribution >= 4 is 0 Å². The highest BCUT2D eigenvalue weighted by Gasteiger charge is 2.46. The molecule has 0 aromatic rings. The van der Waals surface area contributed by atoms with Crippen molar-refractivity contribution < 1.29 is 4.39 Å². The maximum atomic E-state index is 13.5. The Bertz CT molecular complexity index is 228. The highest BCUT2D eigenvalue weighted by Crippen LogP contribution is 2.49. The summed E-state index contributed by atoms with van der Waals surface area (Å²) in [6, 6.07) is 0. The second-order valence-electron chi connectivity index (χ2n) is 4.69. The van der Waals surface area contributed by atoms with Gasteiger partial charge in [-0.1, -0.05) is 32.1 Å². The first kappa shape index (κ1) is 9.06. The summed E-state index contributed by atoms with van der Waals surface area (Å²) in [7, 11) is 0. The predicted molar refractivity (Wildman–Crippen MR) is 51.8 cm³/mol. The van der Waals surface area contributed by atoms with Crippen LogP contribution >= 0.6 is 0 Å². The van der Waals surface area contributed by atoms with Crippen molar-refractivity contribution in [2.24, 2.45) is 23.7 Å². The SMILES string of the molecule is C#CC1C(F)CC2CCCC(C)C21. The molecule has 0 radical (unpaired) electrons. The molecule has 2 aliphatic rings. The monoisotopic (exact) mass is 180 g/mol. The Morgan fingerprint density at radius 1 is 1.38 bits per heavy atom. The Balaban J connectivity index is 2.18. The van der Waals surface area contributed by atoms with E-state index in [4.69, 9.17) is 6.42 Å². The van der Waals surface area contributed by atoms with Crippen molar-refractivity contribution in [2.45, 2.75) is 38.8 Å². The van der Waals surface area contributed by atoms with Gasteiger partial charge in [-0.25, -0.2) is 4.39 Å². The maximum Gasteiger partial charge on any atom is 0.114 e. The molecule has 2 aliphatic carbocycles. The minimum atomic E-state index is -0.722. The third-order valence-corrected chi connectivity index (χ3v) is 3.96. The van der Waals surface area contributed by atoms with Gasteiger partial charge in [0.15, 0.2) is 0 Å². The lowest BCUT2D eigenvalue weighted by Gasteiger charge is -2.33. The fraction of sp³-hybridized carbons (Fsp3) is 0.833. The second kappa shape index (κ2) is 3.33. The van der Waals surface area contributed by atoms with E-state index in [0.29, 0.717) is 17.8 Å². The van der Waals surface area contributed by atoms with E-state index >= 15 is 0 Å². The molecule has 0 spiro atoms. The van der Waals surface area contributed by atoms with Crippen LogP contribution < -0.4 is 0 Å². The molecule has 0 amide bonds. The summed E-state index contributed by atoms with van der Waals surface area (Å²) in [6.45, 7) is 2.24. The van der Waals surface area contributed by atoms with Gasteiger partial charge in [0, 0.05) is 0 Å². The third kappa shape index (κ3) is 1.37. The van der Waals surface area contributed by atoms with Crippen molar-refractivity contribution in [3.05, 3.63) is 0 Å². The molecule has 0 saturated heterocycles. The number of alkyl halides is 1. The normalized spacial score (nSPS) is 49.8. The standard InChI is InChI=1S/C12H17F/c1-3-10-11(13)7-9-6-4-5-8(2)12(9)10/h1,8-12H,4-7H2,2H3. The van der Waals surface area contributed by atoms with Crippen LogP contribution in [0.25, 0.3) is 0 Å². The highest BCUT2D eigenvalue weighted by molar-refractivity contribution is 5.08. The Kier molecular flexibility index (Phi) is 2.32. The number of halogens is 1. The van der Waals surface area contributed by atoms with Crippen molar-refractivity contribution in [3.8, 4) is 12.3 Å². The van der Waals surface area contributed by atoms with Gasteiger partial charge in [0.25, 0.3) is 0 Å². The average molecular weight is 180 g/mol. The van der Waals surface area contributed by atoms with E-state index in [1.807, 2.05) is 0 Å². The van der Waals surface area contributed by atoms with E-state index in [1.54, 1.807) is 0 Å². The van der Waals surface area contributed by atoms with Crippen molar-refractivity contribution in [3.63, 3.8) is 0 Å². The number of hydrogen-bond donors (Lipinski definition) is 0. The lowest BCUT2D eigenvalue weighted by Crippen LogP contribution is -2.27. The molecular formula is C12H17F. The smallest absolute Gasteiger partial charge is 0.114 e. The molecule has 5 unspecified atom stereocenters. The minimum Gasteiger partial charge on any atom is -0.246 e. The van der Waals surface area contributed by atoms with Crippen LogP contribution in [0.3, 0.4) is 0 Å².